The SMILES string of the molecule is CCC(=O)Oc1cccc(Br)c1COc1cc(F)c(C)cc1C. The lowest BCUT2D eigenvalue weighted by molar-refractivity contribution is -0.134. The van der Waals surface area contributed by atoms with Gasteiger partial charge < -0.3 is 9.47 Å². The maximum Gasteiger partial charge on any atom is 0.310 e. The fraction of sp³-hybridized carbons (Fsp3) is 0.278. The largest absolute Gasteiger partial charge is 0.488 e. The number of hydrogen-bond donors (Lipinski definition) is 0. The van der Waals surface area contributed by atoms with E-state index in [2.05, 4.69) is 15.9 Å². The van der Waals surface area contributed by atoms with Gasteiger partial charge in [0.1, 0.15) is 23.9 Å². The van der Waals surface area contributed by atoms with Crippen LogP contribution in [0.1, 0.15) is 30.0 Å². The van der Waals surface area contributed by atoms with Gasteiger partial charge in [0.2, 0.25) is 0 Å². The van der Waals surface area contributed by atoms with Crippen molar-refractivity contribution in [2.24, 2.45) is 0 Å². The summed E-state index contributed by atoms with van der Waals surface area (Å²) in [7, 11) is 0. The molecule has 0 aliphatic heterocycles. The molecule has 0 aliphatic carbocycles. The lowest BCUT2D eigenvalue weighted by atomic mass is 10.1. The van der Waals surface area contributed by atoms with Crippen LogP contribution >= 0.6 is 15.9 Å². The van der Waals surface area contributed by atoms with Crippen molar-refractivity contribution in [3.05, 3.63) is 57.3 Å². The Morgan fingerprint density at radius 2 is 1.91 bits per heavy atom. The number of ether oxygens (including phenoxy) is 2. The first-order chi connectivity index (χ1) is 10.9. The Balaban J connectivity index is 2.23. The zero-order valence-corrected chi connectivity index (χ0v) is 14.9. The molecule has 5 heteroatoms. The van der Waals surface area contributed by atoms with Crippen LogP contribution in [-0.2, 0) is 11.4 Å². The number of aryl methyl sites for hydroxylation is 2. The molecule has 0 fully saturated rings. The summed E-state index contributed by atoms with van der Waals surface area (Å²) in [6, 6.07) is 8.44. The molecule has 0 unspecified atom stereocenters. The third-order valence-corrected chi connectivity index (χ3v) is 4.16. The van der Waals surface area contributed by atoms with Crippen LogP contribution in [0.2, 0.25) is 0 Å². The standard InChI is InChI=1S/C18H18BrFO3/c1-4-18(21)23-16-7-5-6-14(19)13(16)10-22-17-9-15(20)11(2)8-12(17)3/h5-9H,4,10H2,1-3H3. The van der Waals surface area contributed by atoms with E-state index in [1.165, 1.54) is 6.07 Å². The molecule has 0 bridgehead atoms. The van der Waals surface area contributed by atoms with Crippen molar-refractivity contribution >= 4 is 21.9 Å². The monoisotopic (exact) mass is 380 g/mol. The Hall–Kier alpha value is -1.88. The number of hydrogen-bond acceptors (Lipinski definition) is 3. The van der Waals surface area contributed by atoms with Gasteiger partial charge in [0.15, 0.2) is 0 Å². The van der Waals surface area contributed by atoms with E-state index < -0.39 is 0 Å². The average molecular weight is 381 g/mol. The van der Waals surface area contributed by atoms with E-state index in [9.17, 15) is 9.18 Å². The highest BCUT2D eigenvalue weighted by atomic mass is 79.9. The van der Waals surface area contributed by atoms with E-state index in [4.69, 9.17) is 9.47 Å². The second-order valence-corrected chi connectivity index (χ2v) is 6.05. The van der Waals surface area contributed by atoms with Crippen LogP contribution in [0.4, 0.5) is 4.39 Å². The normalized spacial score (nSPS) is 10.5. The maximum absolute atomic E-state index is 13.7. The highest BCUT2D eigenvalue weighted by Crippen LogP contribution is 2.30. The quantitative estimate of drug-likeness (QED) is 0.534. The van der Waals surface area contributed by atoms with Crippen LogP contribution in [-0.4, -0.2) is 5.97 Å². The number of carbonyl (C=O) groups is 1. The Morgan fingerprint density at radius 3 is 2.61 bits per heavy atom. The molecule has 23 heavy (non-hydrogen) atoms. The molecule has 0 aromatic heterocycles. The summed E-state index contributed by atoms with van der Waals surface area (Å²) in [4.78, 5) is 11.5. The first kappa shape index (κ1) is 17.5. The molecule has 0 saturated heterocycles. The van der Waals surface area contributed by atoms with E-state index in [1.807, 2.05) is 13.0 Å². The summed E-state index contributed by atoms with van der Waals surface area (Å²) in [5.74, 6) is 0.283. The minimum Gasteiger partial charge on any atom is -0.488 e. The molecule has 2 aromatic carbocycles. The van der Waals surface area contributed by atoms with Crippen LogP contribution < -0.4 is 9.47 Å². The Bertz CT molecular complexity index is 728. The molecule has 3 nitrogen and oxygen atoms in total. The third-order valence-electron chi connectivity index (χ3n) is 3.42. The Kier molecular flexibility index (Phi) is 5.77. The predicted molar refractivity (Wildman–Crippen MR) is 90.3 cm³/mol. The van der Waals surface area contributed by atoms with Gasteiger partial charge in [-0.25, -0.2) is 4.39 Å². The average Bonchev–Trinajstić information content (AvgIpc) is 2.51. The third kappa shape index (κ3) is 4.32. The van der Waals surface area contributed by atoms with E-state index >= 15 is 0 Å². The lowest BCUT2D eigenvalue weighted by Gasteiger charge is -2.14. The van der Waals surface area contributed by atoms with E-state index in [0.29, 0.717) is 22.6 Å². The molecule has 0 heterocycles. The van der Waals surface area contributed by atoms with Crippen molar-refractivity contribution in [3.8, 4) is 11.5 Å². The molecule has 0 atom stereocenters. The topological polar surface area (TPSA) is 35.5 Å². The van der Waals surface area contributed by atoms with Gasteiger partial charge in [0, 0.05) is 22.5 Å². The van der Waals surface area contributed by atoms with Crippen molar-refractivity contribution < 1.29 is 18.7 Å². The molecule has 2 rings (SSSR count). The summed E-state index contributed by atoms with van der Waals surface area (Å²) in [6.07, 6.45) is 0.287. The maximum atomic E-state index is 13.7. The van der Waals surface area contributed by atoms with Crippen LogP contribution in [0.5, 0.6) is 11.5 Å². The second-order valence-electron chi connectivity index (χ2n) is 5.20. The number of esters is 1. The van der Waals surface area contributed by atoms with E-state index in [-0.39, 0.29) is 24.8 Å². The summed E-state index contributed by atoms with van der Waals surface area (Å²) < 4.78 is 25.5. The fourth-order valence-corrected chi connectivity index (χ4v) is 2.54. The molecule has 0 amide bonds. The number of rotatable bonds is 5. The summed E-state index contributed by atoms with van der Waals surface area (Å²) in [5, 5.41) is 0. The van der Waals surface area contributed by atoms with Crippen LogP contribution in [0, 0.1) is 19.7 Å². The highest BCUT2D eigenvalue weighted by molar-refractivity contribution is 9.10. The van der Waals surface area contributed by atoms with Gasteiger partial charge in [-0.15, -0.1) is 0 Å². The second kappa shape index (κ2) is 7.59. The Labute approximate surface area is 143 Å². The number of benzene rings is 2. The van der Waals surface area contributed by atoms with Crippen molar-refractivity contribution in [1.82, 2.24) is 0 Å². The first-order valence-electron chi connectivity index (χ1n) is 7.30. The summed E-state index contributed by atoms with van der Waals surface area (Å²) in [5.41, 5.74) is 2.13. The van der Waals surface area contributed by atoms with Gasteiger partial charge in [-0.2, -0.15) is 0 Å². The van der Waals surface area contributed by atoms with Gasteiger partial charge in [-0.1, -0.05) is 28.9 Å². The zero-order chi connectivity index (χ0) is 17.0. The van der Waals surface area contributed by atoms with Crippen LogP contribution in [0.25, 0.3) is 0 Å². The molecule has 0 spiro atoms. The van der Waals surface area contributed by atoms with E-state index in [0.717, 1.165) is 10.0 Å². The molecular weight excluding hydrogens is 363 g/mol. The van der Waals surface area contributed by atoms with Crippen molar-refractivity contribution in [1.29, 1.82) is 0 Å². The Morgan fingerprint density at radius 1 is 1.17 bits per heavy atom. The van der Waals surface area contributed by atoms with Gasteiger partial charge in [-0.3, -0.25) is 4.79 Å². The number of halogens is 2. The molecule has 2 aromatic rings. The number of carbonyl (C=O) groups excluding carboxylic acids is 1. The van der Waals surface area contributed by atoms with Crippen molar-refractivity contribution in [2.75, 3.05) is 0 Å². The highest BCUT2D eigenvalue weighted by Gasteiger charge is 2.13. The van der Waals surface area contributed by atoms with Crippen LogP contribution in [0.15, 0.2) is 34.8 Å². The summed E-state index contributed by atoms with van der Waals surface area (Å²) >= 11 is 3.43. The lowest BCUT2D eigenvalue weighted by Crippen LogP contribution is -2.09. The molecule has 0 aliphatic rings. The van der Waals surface area contributed by atoms with E-state index in [1.54, 1.807) is 32.0 Å². The summed E-state index contributed by atoms with van der Waals surface area (Å²) in [6.45, 7) is 5.47. The van der Waals surface area contributed by atoms with Crippen molar-refractivity contribution in [3.63, 3.8) is 0 Å². The zero-order valence-electron chi connectivity index (χ0n) is 13.3. The minimum atomic E-state index is -0.318. The predicted octanol–water partition coefficient (Wildman–Crippen LogP) is 5.10. The van der Waals surface area contributed by atoms with Gasteiger partial charge in [0.05, 0.1) is 0 Å². The molecule has 0 N–H and O–H groups in total. The van der Waals surface area contributed by atoms with Crippen molar-refractivity contribution in [2.45, 2.75) is 33.8 Å². The molecule has 0 radical (unpaired) electrons. The smallest absolute Gasteiger partial charge is 0.310 e. The fourth-order valence-electron chi connectivity index (χ4n) is 2.08. The molecule has 0 saturated carbocycles. The molecular formula is C18H18BrFO3. The van der Waals surface area contributed by atoms with Gasteiger partial charge in [-0.05, 0) is 43.2 Å². The van der Waals surface area contributed by atoms with Gasteiger partial charge in [0.25, 0.3) is 0 Å². The van der Waals surface area contributed by atoms with Crippen LogP contribution in [0.3, 0.4) is 0 Å². The molecule has 122 valence electrons. The first-order valence-corrected chi connectivity index (χ1v) is 8.09. The van der Waals surface area contributed by atoms with Gasteiger partial charge >= 0.3 is 5.97 Å². The minimum absolute atomic E-state index is 0.164.